The number of hydrogen-bond acceptors (Lipinski definition) is 8. The van der Waals surface area contributed by atoms with E-state index in [4.69, 9.17) is 4.74 Å². The number of rotatable bonds is 13. The Morgan fingerprint density at radius 1 is 1.08 bits per heavy atom. The molecule has 10 heteroatoms. The number of unbranched alkanes of at least 4 members (excludes halogenated alkanes) is 3. The molecule has 39 heavy (non-hydrogen) atoms. The summed E-state index contributed by atoms with van der Waals surface area (Å²) in [7, 11) is 0. The van der Waals surface area contributed by atoms with Crippen LogP contribution in [0.4, 0.5) is 5.69 Å². The number of aromatic nitrogens is 1. The second-order valence-corrected chi connectivity index (χ2v) is 10.2. The summed E-state index contributed by atoms with van der Waals surface area (Å²) >= 11 is 1.47. The number of hydrogen-bond donors (Lipinski definition) is 2. The number of nitrogens with zero attached hydrogens (tertiary/aromatic N) is 3. The van der Waals surface area contributed by atoms with Crippen molar-refractivity contribution in [3.8, 4) is 0 Å². The SMILES string of the molecule is CCOC(=O)CCCCCCN1C(c2cccs2)C(C(=O)O)=C(Nc2cncc3ccccc23)C(=O)N1CC. The van der Waals surface area contributed by atoms with Gasteiger partial charge in [0.05, 0.1) is 30.1 Å². The molecule has 0 bridgehead atoms. The molecule has 0 fully saturated rings. The van der Waals surface area contributed by atoms with E-state index in [9.17, 15) is 19.5 Å². The Labute approximate surface area is 232 Å². The number of benzene rings is 1. The lowest BCUT2D eigenvalue weighted by Crippen LogP contribution is -2.55. The molecule has 4 rings (SSSR count). The minimum Gasteiger partial charge on any atom is -0.478 e. The van der Waals surface area contributed by atoms with Gasteiger partial charge in [-0.25, -0.2) is 9.80 Å². The van der Waals surface area contributed by atoms with Crippen molar-refractivity contribution in [2.75, 3.05) is 25.0 Å². The molecule has 206 valence electrons. The summed E-state index contributed by atoms with van der Waals surface area (Å²) in [5, 5.41) is 20.8. The molecule has 1 atom stereocenters. The van der Waals surface area contributed by atoms with Crippen LogP contribution in [0.2, 0.25) is 0 Å². The van der Waals surface area contributed by atoms with Gasteiger partial charge in [0.1, 0.15) is 5.70 Å². The van der Waals surface area contributed by atoms with Gasteiger partial charge in [0, 0.05) is 41.4 Å². The summed E-state index contributed by atoms with van der Waals surface area (Å²) < 4.78 is 4.99. The minimum absolute atomic E-state index is 0.0161. The Hall–Kier alpha value is -3.76. The average Bonchev–Trinajstić information content (AvgIpc) is 3.46. The first-order chi connectivity index (χ1) is 19.0. The second kappa shape index (κ2) is 13.3. The van der Waals surface area contributed by atoms with Gasteiger partial charge in [-0.2, -0.15) is 0 Å². The molecular formula is C29H34N4O5S. The van der Waals surface area contributed by atoms with Crippen LogP contribution in [0.25, 0.3) is 10.8 Å². The fourth-order valence-corrected chi connectivity index (χ4v) is 5.76. The van der Waals surface area contributed by atoms with Crippen molar-refractivity contribution in [2.24, 2.45) is 0 Å². The van der Waals surface area contributed by atoms with E-state index in [1.54, 1.807) is 24.3 Å². The standard InChI is InChI=1S/C29H34N4O5S/c1-3-32-28(35)26(31-22-19-30-18-20-12-8-9-13-21(20)22)25(29(36)37)27(23-14-11-17-39-23)33(32)16-10-6-5-7-15-24(34)38-4-2/h8-9,11-14,17-19,27,31H,3-7,10,15-16H2,1-2H3,(H,36,37). The Kier molecular flexibility index (Phi) is 9.67. The Morgan fingerprint density at radius 3 is 2.59 bits per heavy atom. The molecule has 9 nitrogen and oxygen atoms in total. The predicted octanol–water partition coefficient (Wildman–Crippen LogP) is 5.38. The number of thiophene rings is 1. The summed E-state index contributed by atoms with van der Waals surface area (Å²) in [4.78, 5) is 43.4. The first kappa shape index (κ1) is 28.3. The van der Waals surface area contributed by atoms with Crippen molar-refractivity contribution < 1.29 is 24.2 Å². The summed E-state index contributed by atoms with van der Waals surface area (Å²) in [5.41, 5.74) is 0.639. The number of ether oxygens (including phenoxy) is 1. The van der Waals surface area contributed by atoms with Crippen LogP contribution in [0.15, 0.2) is 65.4 Å². The largest absolute Gasteiger partial charge is 0.478 e. The van der Waals surface area contributed by atoms with Gasteiger partial charge in [-0.3, -0.25) is 19.6 Å². The number of carboxylic acid groups (broad SMARTS) is 1. The average molecular weight is 551 g/mol. The Morgan fingerprint density at radius 2 is 1.87 bits per heavy atom. The molecule has 1 unspecified atom stereocenters. The number of nitrogens with one attached hydrogen (secondary N) is 1. The molecule has 1 amide bonds. The first-order valence-electron chi connectivity index (χ1n) is 13.3. The van der Waals surface area contributed by atoms with Crippen LogP contribution in [0.3, 0.4) is 0 Å². The number of amides is 1. The third-order valence-corrected chi connectivity index (χ3v) is 7.62. The van der Waals surface area contributed by atoms with E-state index >= 15 is 0 Å². The number of aliphatic carboxylic acids is 1. The lowest BCUT2D eigenvalue weighted by atomic mass is 9.98. The lowest BCUT2D eigenvalue weighted by Gasteiger charge is -2.44. The number of anilines is 1. The number of likely N-dealkylation sites (N-methyl/N-ethyl adjacent to an activating group) is 1. The second-order valence-electron chi connectivity index (χ2n) is 9.20. The number of esters is 1. The van der Waals surface area contributed by atoms with Crippen LogP contribution >= 0.6 is 11.3 Å². The topological polar surface area (TPSA) is 112 Å². The maximum Gasteiger partial charge on any atom is 0.335 e. The third kappa shape index (κ3) is 6.46. The number of pyridine rings is 1. The predicted molar refractivity (Wildman–Crippen MR) is 151 cm³/mol. The van der Waals surface area contributed by atoms with E-state index in [1.165, 1.54) is 11.3 Å². The highest BCUT2D eigenvalue weighted by atomic mass is 32.1. The number of carbonyl (C=O) groups excluding carboxylic acids is 2. The highest BCUT2D eigenvalue weighted by molar-refractivity contribution is 7.10. The molecule has 3 heterocycles. The summed E-state index contributed by atoms with van der Waals surface area (Å²) in [6.07, 6.45) is 6.90. The fraction of sp³-hybridized carbons (Fsp3) is 0.379. The molecule has 1 aliphatic rings. The number of hydrazine groups is 1. The van der Waals surface area contributed by atoms with Gasteiger partial charge in [0.25, 0.3) is 5.91 Å². The van der Waals surface area contributed by atoms with Gasteiger partial charge in [-0.15, -0.1) is 11.3 Å². The number of fused-ring (bicyclic) bond motifs is 1. The van der Waals surface area contributed by atoms with E-state index < -0.39 is 17.9 Å². The first-order valence-corrected chi connectivity index (χ1v) is 14.2. The van der Waals surface area contributed by atoms with Crippen LogP contribution in [0.5, 0.6) is 0 Å². The molecular weight excluding hydrogens is 516 g/mol. The van der Waals surface area contributed by atoms with Gasteiger partial charge in [0.2, 0.25) is 0 Å². The van der Waals surface area contributed by atoms with Crippen LogP contribution in [0, 0.1) is 0 Å². The molecule has 0 saturated heterocycles. The van der Waals surface area contributed by atoms with Crippen LogP contribution in [-0.2, 0) is 19.1 Å². The van der Waals surface area contributed by atoms with Gasteiger partial charge in [0.15, 0.2) is 0 Å². The zero-order valence-corrected chi connectivity index (χ0v) is 23.1. The zero-order valence-electron chi connectivity index (χ0n) is 22.3. The van der Waals surface area contributed by atoms with Crippen LogP contribution in [-0.4, -0.2) is 57.7 Å². The van der Waals surface area contributed by atoms with Crippen molar-refractivity contribution in [3.63, 3.8) is 0 Å². The van der Waals surface area contributed by atoms with Crippen molar-refractivity contribution in [3.05, 3.63) is 70.3 Å². The highest BCUT2D eigenvalue weighted by Gasteiger charge is 2.43. The highest BCUT2D eigenvalue weighted by Crippen LogP contribution is 2.40. The Bertz CT molecular complexity index is 1340. The summed E-state index contributed by atoms with van der Waals surface area (Å²) in [6.45, 7) is 4.95. The Balaban J connectivity index is 1.63. The monoisotopic (exact) mass is 550 g/mol. The van der Waals surface area contributed by atoms with E-state index in [-0.39, 0.29) is 17.2 Å². The lowest BCUT2D eigenvalue weighted by molar-refractivity contribution is -0.154. The van der Waals surface area contributed by atoms with E-state index in [0.29, 0.717) is 31.8 Å². The molecule has 0 aliphatic carbocycles. The van der Waals surface area contributed by atoms with E-state index in [0.717, 1.165) is 41.3 Å². The van der Waals surface area contributed by atoms with E-state index in [2.05, 4.69) is 10.3 Å². The van der Waals surface area contributed by atoms with Crippen LogP contribution < -0.4 is 5.32 Å². The molecule has 1 aliphatic heterocycles. The van der Waals surface area contributed by atoms with E-state index in [1.807, 2.05) is 53.7 Å². The van der Waals surface area contributed by atoms with Crippen molar-refractivity contribution >= 4 is 45.6 Å². The van der Waals surface area contributed by atoms with Crippen molar-refractivity contribution in [1.29, 1.82) is 0 Å². The molecule has 3 aromatic rings. The third-order valence-electron chi connectivity index (χ3n) is 6.69. The molecule has 0 saturated carbocycles. The molecule has 2 aromatic heterocycles. The maximum absolute atomic E-state index is 13.8. The van der Waals surface area contributed by atoms with Crippen molar-refractivity contribution in [1.82, 2.24) is 15.0 Å². The zero-order chi connectivity index (χ0) is 27.8. The molecule has 0 radical (unpaired) electrons. The normalized spacial score (nSPS) is 16.1. The summed E-state index contributed by atoms with van der Waals surface area (Å²) in [5.74, 6) is -1.72. The number of carboxylic acids is 1. The molecule has 0 spiro atoms. The fourth-order valence-electron chi connectivity index (χ4n) is 4.92. The van der Waals surface area contributed by atoms with Crippen LogP contribution in [0.1, 0.15) is 56.9 Å². The van der Waals surface area contributed by atoms with Gasteiger partial charge in [-0.05, 0) is 38.1 Å². The molecule has 1 aromatic carbocycles. The molecule has 2 N–H and O–H groups in total. The van der Waals surface area contributed by atoms with Gasteiger partial charge >= 0.3 is 11.9 Å². The smallest absolute Gasteiger partial charge is 0.335 e. The van der Waals surface area contributed by atoms with Gasteiger partial charge < -0.3 is 15.2 Å². The maximum atomic E-state index is 13.8. The number of carbonyl (C=O) groups is 3. The van der Waals surface area contributed by atoms with Crippen molar-refractivity contribution in [2.45, 2.75) is 52.0 Å². The minimum atomic E-state index is -1.15. The quantitative estimate of drug-likeness (QED) is 0.216. The summed E-state index contributed by atoms with van der Waals surface area (Å²) in [6, 6.07) is 10.8. The van der Waals surface area contributed by atoms with Gasteiger partial charge in [-0.1, -0.05) is 43.2 Å².